The first-order valence-electron chi connectivity index (χ1n) is 11.9. The van der Waals surface area contributed by atoms with Crippen LogP contribution in [-0.4, -0.2) is 83.2 Å². The van der Waals surface area contributed by atoms with Crippen molar-refractivity contribution in [3.05, 3.63) is 0 Å². The molecule has 0 aromatic heterocycles. The Hall–Kier alpha value is -2.57. The molecule has 4 fully saturated rings. The van der Waals surface area contributed by atoms with Crippen molar-refractivity contribution in [3.8, 4) is 0 Å². The Balaban J connectivity index is 1.52. The maximum Gasteiger partial charge on any atom is 0.315 e. The van der Waals surface area contributed by atoms with Gasteiger partial charge in [-0.3, -0.25) is 29.4 Å². The van der Waals surface area contributed by atoms with Gasteiger partial charge in [-0.05, 0) is 49.4 Å². The third-order valence-corrected chi connectivity index (χ3v) is 7.97. The highest BCUT2D eigenvalue weighted by Crippen LogP contribution is 2.56. The maximum absolute atomic E-state index is 13.7. The van der Waals surface area contributed by atoms with E-state index in [0.717, 1.165) is 12.8 Å². The van der Waals surface area contributed by atoms with E-state index in [0.29, 0.717) is 30.8 Å². The van der Waals surface area contributed by atoms with E-state index in [-0.39, 0.29) is 30.8 Å². The van der Waals surface area contributed by atoms with Crippen molar-refractivity contribution in [3.63, 3.8) is 0 Å². The number of likely N-dealkylation sites (tertiary alicyclic amines) is 1. The van der Waals surface area contributed by atoms with Gasteiger partial charge in [-0.1, -0.05) is 18.5 Å². The zero-order valence-electron chi connectivity index (χ0n) is 19.7. The van der Waals surface area contributed by atoms with E-state index < -0.39 is 59.1 Å². The SMILES string of the molecule is CC1(C(NC(=O)C(F)F)C(=O)N2CC3(CC3)C[C@H]2C(=O)NN(C[C@@H]2CCNC2=O)C(=O)C(F)Cl)CC1. The molecule has 2 heterocycles. The summed E-state index contributed by atoms with van der Waals surface area (Å²) in [5.74, 6) is -5.28. The molecule has 4 atom stereocenters. The third kappa shape index (κ3) is 5.40. The molecule has 2 aliphatic carbocycles. The van der Waals surface area contributed by atoms with Gasteiger partial charge in [0.2, 0.25) is 11.8 Å². The highest BCUT2D eigenvalue weighted by Gasteiger charge is 2.59. The largest absolute Gasteiger partial charge is 0.356 e. The monoisotopic (exact) mass is 535 g/mol. The summed E-state index contributed by atoms with van der Waals surface area (Å²) >= 11 is 5.32. The van der Waals surface area contributed by atoms with Crippen molar-refractivity contribution in [2.45, 2.75) is 69.6 Å². The smallest absolute Gasteiger partial charge is 0.315 e. The average molecular weight is 536 g/mol. The highest BCUT2D eigenvalue weighted by molar-refractivity contribution is 6.29. The molecule has 14 heteroatoms. The Labute approximate surface area is 210 Å². The summed E-state index contributed by atoms with van der Waals surface area (Å²) in [6.45, 7) is 1.97. The van der Waals surface area contributed by atoms with Gasteiger partial charge in [-0.25, -0.2) is 9.40 Å². The third-order valence-electron chi connectivity index (χ3n) is 7.78. The second-order valence-electron chi connectivity index (χ2n) is 10.6. The van der Waals surface area contributed by atoms with E-state index in [4.69, 9.17) is 11.6 Å². The molecule has 2 unspecified atom stereocenters. The lowest BCUT2D eigenvalue weighted by atomic mass is 9.97. The van der Waals surface area contributed by atoms with Gasteiger partial charge < -0.3 is 15.5 Å². The first kappa shape index (κ1) is 26.5. The van der Waals surface area contributed by atoms with Crippen LogP contribution in [0, 0.1) is 16.7 Å². The average Bonchev–Trinajstić information content (AvgIpc) is 3.66. The Bertz CT molecular complexity index is 958. The number of amides is 5. The van der Waals surface area contributed by atoms with Crippen LogP contribution in [-0.2, 0) is 24.0 Å². The van der Waals surface area contributed by atoms with E-state index in [1.54, 1.807) is 6.92 Å². The molecule has 3 N–H and O–H groups in total. The molecule has 1 spiro atoms. The fraction of sp³-hybridized carbons (Fsp3) is 0.773. The van der Waals surface area contributed by atoms with Gasteiger partial charge in [-0.2, -0.15) is 8.78 Å². The van der Waals surface area contributed by atoms with E-state index in [1.165, 1.54) is 4.90 Å². The number of rotatable bonds is 8. The Morgan fingerprint density at radius 1 is 1.19 bits per heavy atom. The second kappa shape index (κ2) is 9.71. The summed E-state index contributed by atoms with van der Waals surface area (Å²) in [5.41, 5.74) is -1.15. The molecule has 0 radical (unpaired) electrons. The number of nitrogens with one attached hydrogen (secondary N) is 3. The fourth-order valence-corrected chi connectivity index (χ4v) is 5.13. The van der Waals surface area contributed by atoms with E-state index >= 15 is 0 Å². The Kier molecular flexibility index (Phi) is 7.15. The molecule has 36 heavy (non-hydrogen) atoms. The van der Waals surface area contributed by atoms with E-state index in [2.05, 4.69) is 16.1 Å². The number of hydrogen-bond donors (Lipinski definition) is 3. The summed E-state index contributed by atoms with van der Waals surface area (Å²) in [4.78, 5) is 64.2. The van der Waals surface area contributed by atoms with Crippen LogP contribution in [0.1, 0.15) is 45.4 Å². The van der Waals surface area contributed by atoms with Crippen LogP contribution < -0.4 is 16.1 Å². The number of hydrazine groups is 1. The van der Waals surface area contributed by atoms with Gasteiger partial charge in [0, 0.05) is 13.1 Å². The summed E-state index contributed by atoms with van der Waals surface area (Å²) in [7, 11) is 0. The first-order valence-corrected chi connectivity index (χ1v) is 12.4. The molecule has 2 aliphatic heterocycles. The standard InChI is InChI=1S/C22H29ClF3N5O5/c1-21(3-4-21)13(28-18(34)15(25)26)19(35)30-10-22(5-6-22)8-12(30)17(33)29-31(20(36)14(23)24)9-11-2-7-27-16(11)32/h11-15H,2-10H2,1H3,(H,27,32)(H,28,34)(H,29,33)/t11-,12-,13?,14?/m0/s1. The molecule has 2 saturated carbocycles. The second-order valence-corrected chi connectivity index (χ2v) is 11.0. The Morgan fingerprint density at radius 3 is 2.36 bits per heavy atom. The van der Waals surface area contributed by atoms with Crippen LogP contribution in [0.4, 0.5) is 13.2 Å². The molecule has 0 aromatic carbocycles. The highest BCUT2D eigenvalue weighted by atomic mass is 35.5. The van der Waals surface area contributed by atoms with E-state index in [1.807, 2.05) is 0 Å². The minimum absolute atomic E-state index is 0.196. The van der Waals surface area contributed by atoms with Crippen molar-refractivity contribution < 1.29 is 37.1 Å². The topological polar surface area (TPSA) is 128 Å². The lowest BCUT2D eigenvalue weighted by molar-refractivity contribution is -0.150. The van der Waals surface area contributed by atoms with Crippen LogP contribution in [0.25, 0.3) is 0 Å². The molecule has 0 bridgehead atoms. The van der Waals surface area contributed by atoms with Gasteiger partial charge in [0.25, 0.3) is 23.4 Å². The molecule has 4 aliphatic rings. The molecule has 10 nitrogen and oxygen atoms in total. The normalized spacial score (nSPS) is 26.8. The molecular weight excluding hydrogens is 507 g/mol. The summed E-state index contributed by atoms with van der Waals surface area (Å²) in [6.07, 6.45) is -0.0614. The zero-order chi connectivity index (χ0) is 26.4. The van der Waals surface area contributed by atoms with Crippen molar-refractivity contribution in [2.75, 3.05) is 19.6 Å². The predicted molar refractivity (Wildman–Crippen MR) is 119 cm³/mol. The van der Waals surface area contributed by atoms with Crippen LogP contribution in [0.2, 0.25) is 0 Å². The maximum atomic E-state index is 13.7. The number of alkyl halides is 4. The minimum Gasteiger partial charge on any atom is -0.356 e. The number of nitrogens with zero attached hydrogens (tertiary/aromatic N) is 2. The van der Waals surface area contributed by atoms with Gasteiger partial charge >= 0.3 is 6.43 Å². The van der Waals surface area contributed by atoms with Gasteiger partial charge in [-0.15, -0.1) is 0 Å². The van der Waals surface area contributed by atoms with Crippen LogP contribution in [0.3, 0.4) is 0 Å². The molecule has 200 valence electrons. The van der Waals surface area contributed by atoms with Gasteiger partial charge in [0.05, 0.1) is 12.5 Å². The fourth-order valence-electron chi connectivity index (χ4n) is 5.01. The summed E-state index contributed by atoms with van der Waals surface area (Å²) in [6, 6.07) is -2.31. The van der Waals surface area contributed by atoms with Crippen molar-refractivity contribution in [1.82, 2.24) is 26.0 Å². The predicted octanol–water partition coefficient (Wildman–Crippen LogP) is 0.448. The number of hydrogen-bond acceptors (Lipinski definition) is 5. The Morgan fingerprint density at radius 2 is 1.86 bits per heavy atom. The van der Waals surface area contributed by atoms with Crippen LogP contribution in [0.5, 0.6) is 0 Å². The van der Waals surface area contributed by atoms with Gasteiger partial charge in [0.15, 0.2) is 0 Å². The number of carbonyl (C=O) groups excluding carboxylic acids is 5. The van der Waals surface area contributed by atoms with Crippen molar-refractivity contribution in [1.29, 1.82) is 0 Å². The molecule has 4 rings (SSSR count). The van der Waals surface area contributed by atoms with Crippen molar-refractivity contribution >= 4 is 41.1 Å². The van der Waals surface area contributed by atoms with Crippen LogP contribution in [0.15, 0.2) is 0 Å². The number of carbonyl (C=O) groups is 5. The van der Waals surface area contributed by atoms with Crippen LogP contribution >= 0.6 is 11.6 Å². The molecule has 2 saturated heterocycles. The minimum atomic E-state index is -3.30. The summed E-state index contributed by atoms with van der Waals surface area (Å²) in [5, 5.41) is 5.39. The lowest BCUT2D eigenvalue weighted by Crippen LogP contribution is -2.59. The quantitative estimate of drug-likeness (QED) is 0.307. The lowest BCUT2D eigenvalue weighted by Gasteiger charge is -2.33. The van der Waals surface area contributed by atoms with Gasteiger partial charge in [0.1, 0.15) is 12.1 Å². The molecular formula is C22H29ClF3N5O5. The van der Waals surface area contributed by atoms with Crippen molar-refractivity contribution in [2.24, 2.45) is 16.7 Å². The first-order chi connectivity index (χ1) is 16.9. The summed E-state index contributed by atoms with van der Waals surface area (Å²) < 4.78 is 39.6. The zero-order valence-corrected chi connectivity index (χ0v) is 20.5. The number of halogens is 4. The van der Waals surface area contributed by atoms with E-state index in [9.17, 15) is 37.1 Å². The molecule has 0 aromatic rings. The molecule has 5 amide bonds.